The van der Waals surface area contributed by atoms with E-state index in [1.165, 1.54) is 26.0 Å². The molecule has 1 aliphatic carbocycles. The van der Waals surface area contributed by atoms with E-state index in [1.54, 1.807) is 27.7 Å². The Bertz CT molecular complexity index is 1030. The fraction of sp³-hybridized carbons (Fsp3) is 0.824. The minimum Gasteiger partial charge on any atom is -0.454 e. The fourth-order valence-corrected chi connectivity index (χ4v) is 6.09. The van der Waals surface area contributed by atoms with Gasteiger partial charge in [0.15, 0.2) is 41.1 Å². The number of ether oxygens (including phenoxy) is 4. The van der Waals surface area contributed by atoms with Crippen LogP contribution in [0.1, 0.15) is 95.9 Å². The maximum absolute atomic E-state index is 13.4. The monoisotopic (exact) mass is 686 g/mol. The Kier molecular flexibility index (Phi) is 14.1. The molecule has 266 valence electrons. The molecule has 0 heterocycles. The zero-order valence-electron chi connectivity index (χ0n) is 31.4. The van der Waals surface area contributed by atoms with E-state index in [4.69, 9.17) is 27.8 Å². The van der Waals surface area contributed by atoms with Crippen LogP contribution in [-0.2, 0) is 47.0 Å². The topological polar surface area (TPSA) is 124 Å². The lowest BCUT2D eigenvalue weighted by Crippen LogP contribution is -2.54. The van der Waals surface area contributed by atoms with Gasteiger partial charge in [-0.15, -0.1) is 0 Å². The molecule has 0 bridgehead atoms. The molecule has 0 radical (unpaired) electrons. The van der Waals surface area contributed by atoms with Crippen molar-refractivity contribution in [1.29, 1.82) is 0 Å². The molecule has 12 heteroatoms. The Morgan fingerprint density at radius 1 is 0.543 bits per heavy atom. The SMILES string of the molecule is CC(=O)O[C@@H]1[C@@H](OC(C)=O)[C@H](OC(=O)C(C)(C)CCO[Si](C)(C)C(C)(C)C)C=C[C@H]1OC(=O)C(C)(C)CCO[Si](C)(C)C(C)(C)C. The van der Waals surface area contributed by atoms with E-state index in [1.807, 2.05) is 0 Å². The third kappa shape index (κ3) is 11.9. The van der Waals surface area contributed by atoms with Gasteiger partial charge in [-0.3, -0.25) is 19.2 Å². The summed E-state index contributed by atoms with van der Waals surface area (Å²) in [7, 11) is -4.02. The Morgan fingerprint density at radius 2 is 0.826 bits per heavy atom. The minimum atomic E-state index is -2.01. The summed E-state index contributed by atoms with van der Waals surface area (Å²) in [5, 5.41) is 0.0580. The summed E-state index contributed by atoms with van der Waals surface area (Å²) >= 11 is 0. The van der Waals surface area contributed by atoms with E-state index in [9.17, 15) is 19.2 Å². The quantitative estimate of drug-likeness (QED) is 0.0808. The normalized spacial score (nSPS) is 21.4. The van der Waals surface area contributed by atoms with E-state index >= 15 is 0 Å². The first-order valence-electron chi connectivity index (χ1n) is 16.3. The van der Waals surface area contributed by atoms with Crippen LogP contribution in [0.25, 0.3) is 0 Å². The van der Waals surface area contributed by atoms with Crippen LogP contribution in [0.3, 0.4) is 0 Å². The summed E-state index contributed by atoms with van der Waals surface area (Å²) in [6.45, 7) is 31.8. The lowest BCUT2D eigenvalue weighted by Gasteiger charge is -2.39. The third-order valence-electron chi connectivity index (χ3n) is 9.65. The van der Waals surface area contributed by atoms with Gasteiger partial charge in [0.05, 0.1) is 10.8 Å². The predicted octanol–water partition coefficient (Wildman–Crippen LogP) is 7.12. The van der Waals surface area contributed by atoms with Gasteiger partial charge in [-0.1, -0.05) is 41.5 Å². The van der Waals surface area contributed by atoms with Gasteiger partial charge in [-0.2, -0.15) is 0 Å². The van der Waals surface area contributed by atoms with Crippen molar-refractivity contribution in [2.75, 3.05) is 13.2 Å². The van der Waals surface area contributed by atoms with Gasteiger partial charge in [0, 0.05) is 27.1 Å². The first-order valence-corrected chi connectivity index (χ1v) is 22.1. The Morgan fingerprint density at radius 3 is 1.07 bits per heavy atom. The molecule has 0 aromatic rings. The van der Waals surface area contributed by atoms with Crippen molar-refractivity contribution < 1.29 is 47.0 Å². The van der Waals surface area contributed by atoms with Crippen LogP contribution >= 0.6 is 0 Å². The van der Waals surface area contributed by atoms with E-state index in [0.29, 0.717) is 26.1 Å². The average Bonchev–Trinajstić information content (AvgIpc) is 2.84. The summed E-state index contributed by atoms with van der Waals surface area (Å²) in [6, 6.07) is 0. The molecule has 1 rings (SSSR count). The molecule has 0 spiro atoms. The lowest BCUT2D eigenvalue weighted by atomic mass is 9.88. The first kappa shape index (κ1) is 42.0. The number of carbonyl (C=O) groups excluding carboxylic acids is 4. The smallest absolute Gasteiger partial charge is 0.312 e. The van der Waals surface area contributed by atoms with E-state index in [2.05, 4.69) is 67.7 Å². The maximum Gasteiger partial charge on any atom is 0.312 e. The van der Waals surface area contributed by atoms with Crippen LogP contribution in [0.4, 0.5) is 0 Å². The van der Waals surface area contributed by atoms with Crippen LogP contribution in [0.5, 0.6) is 0 Å². The summed E-state index contributed by atoms with van der Waals surface area (Å²) < 4.78 is 35.4. The molecule has 0 fully saturated rings. The van der Waals surface area contributed by atoms with E-state index < -0.39 is 75.8 Å². The molecule has 0 aromatic heterocycles. The fourth-order valence-electron chi connectivity index (χ4n) is 4.00. The number of hydrogen-bond donors (Lipinski definition) is 0. The number of hydrogen-bond acceptors (Lipinski definition) is 10. The van der Waals surface area contributed by atoms with Gasteiger partial charge >= 0.3 is 23.9 Å². The molecule has 0 unspecified atom stereocenters. The van der Waals surface area contributed by atoms with Crippen molar-refractivity contribution in [3.05, 3.63) is 12.2 Å². The van der Waals surface area contributed by atoms with E-state index in [0.717, 1.165) is 0 Å². The molecule has 0 saturated carbocycles. The highest BCUT2D eigenvalue weighted by molar-refractivity contribution is 6.74. The lowest BCUT2D eigenvalue weighted by molar-refractivity contribution is -0.199. The average molecular weight is 687 g/mol. The molecule has 0 aliphatic heterocycles. The molecule has 0 saturated heterocycles. The molecule has 4 atom stereocenters. The highest BCUT2D eigenvalue weighted by atomic mass is 28.4. The van der Waals surface area contributed by atoms with Gasteiger partial charge < -0.3 is 27.8 Å². The predicted molar refractivity (Wildman–Crippen MR) is 183 cm³/mol. The van der Waals surface area contributed by atoms with Crippen LogP contribution in [0, 0.1) is 10.8 Å². The Balaban J connectivity index is 3.16. The van der Waals surface area contributed by atoms with Crippen molar-refractivity contribution in [1.82, 2.24) is 0 Å². The molecule has 1 aliphatic rings. The highest BCUT2D eigenvalue weighted by Crippen LogP contribution is 2.39. The van der Waals surface area contributed by atoms with Crippen LogP contribution in [-0.4, -0.2) is 78.1 Å². The molecule has 46 heavy (non-hydrogen) atoms. The number of carbonyl (C=O) groups is 4. The third-order valence-corrected chi connectivity index (χ3v) is 18.7. The van der Waals surface area contributed by atoms with Gasteiger partial charge in [0.2, 0.25) is 0 Å². The van der Waals surface area contributed by atoms with Gasteiger partial charge in [0.1, 0.15) is 0 Å². The minimum absolute atomic E-state index is 0.0290. The molecular formula is C34H62O10Si2. The number of esters is 4. The zero-order chi connectivity index (χ0) is 36.1. The van der Waals surface area contributed by atoms with Crippen LogP contribution in [0.2, 0.25) is 36.3 Å². The van der Waals surface area contributed by atoms with Crippen LogP contribution < -0.4 is 0 Å². The summed E-state index contributed by atoms with van der Waals surface area (Å²) in [6.07, 6.45) is -0.790. The summed E-state index contributed by atoms with van der Waals surface area (Å²) in [5.41, 5.74) is -1.85. The van der Waals surface area contributed by atoms with Crippen molar-refractivity contribution in [3.63, 3.8) is 0 Å². The second-order valence-corrected chi connectivity index (χ2v) is 26.4. The second kappa shape index (κ2) is 15.5. The highest BCUT2D eigenvalue weighted by Gasteiger charge is 2.48. The van der Waals surface area contributed by atoms with Gasteiger partial charge in [-0.05, 0) is 89.0 Å². The van der Waals surface area contributed by atoms with Crippen molar-refractivity contribution >= 4 is 40.5 Å². The van der Waals surface area contributed by atoms with Crippen molar-refractivity contribution in [2.45, 2.75) is 157 Å². The zero-order valence-corrected chi connectivity index (χ0v) is 33.4. The maximum atomic E-state index is 13.4. The molecule has 0 amide bonds. The molecular weight excluding hydrogens is 625 g/mol. The summed E-state index contributed by atoms with van der Waals surface area (Å²) in [4.78, 5) is 51.2. The Labute approximate surface area is 279 Å². The first-order chi connectivity index (χ1) is 20.5. The molecule has 10 nitrogen and oxygen atoms in total. The largest absolute Gasteiger partial charge is 0.454 e. The Hall–Kier alpha value is -2.03. The van der Waals surface area contributed by atoms with Crippen molar-refractivity contribution in [2.24, 2.45) is 10.8 Å². The van der Waals surface area contributed by atoms with Gasteiger partial charge in [-0.25, -0.2) is 0 Å². The molecule has 0 aromatic carbocycles. The second-order valence-electron chi connectivity index (χ2n) is 16.8. The molecule has 0 N–H and O–H groups in total. The summed E-state index contributed by atoms with van der Waals surface area (Å²) in [5.74, 6) is -2.40. The standard InChI is InChI=1S/C34H62O10Si2/c1-23(35)41-27-25(43-29(37)33(9,10)19-21-39-45(13,14)31(3,4)5)17-18-26(28(27)42-24(2)36)44-30(38)34(11,12)20-22-40-46(15,16)32(6,7)8/h17-18,25-28H,19-22H2,1-16H3/t25-,26-,27+,28+/m1/s1. The van der Waals surface area contributed by atoms with E-state index in [-0.39, 0.29) is 10.1 Å². The van der Waals surface area contributed by atoms with Gasteiger partial charge in [0.25, 0.3) is 0 Å². The number of rotatable bonds is 14. The van der Waals surface area contributed by atoms with Crippen molar-refractivity contribution in [3.8, 4) is 0 Å². The van der Waals surface area contributed by atoms with Crippen LogP contribution in [0.15, 0.2) is 12.2 Å².